The maximum absolute atomic E-state index is 13.0. The van der Waals surface area contributed by atoms with E-state index in [9.17, 15) is 4.79 Å². The normalized spacial score (nSPS) is 10.3. The molecule has 3 rings (SSSR count). The Hall–Kier alpha value is -3.27. The molecule has 0 unspecified atom stereocenters. The molecule has 0 fully saturated rings. The largest absolute Gasteiger partial charge is 0.399 e. The van der Waals surface area contributed by atoms with E-state index in [-0.39, 0.29) is 6.03 Å². The fraction of sp³-hybridized carbons (Fsp3) is 0.0952. The summed E-state index contributed by atoms with van der Waals surface area (Å²) in [5.74, 6) is 0. The third-order valence-electron chi connectivity index (χ3n) is 4.13. The summed E-state index contributed by atoms with van der Waals surface area (Å²) < 4.78 is 0. The van der Waals surface area contributed by atoms with Crippen molar-refractivity contribution in [2.75, 3.05) is 16.0 Å². The van der Waals surface area contributed by atoms with E-state index in [1.54, 1.807) is 17.0 Å². The average molecular weight is 331 g/mol. The lowest BCUT2D eigenvalue weighted by molar-refractivity contribution is 0.259. The van der Waals surface area contributed by atoms with Gasteiger partial charge in [0.25, 0.3) is 0 Å². The van der Waals surface area contributed by atoms with Crippen molar-refractivity contribution in [3.05, 3.63) is 83.9 Å². The van der Waals surface area contributed by atoms with Crippen LogP contribution in [0, 0.1) is 13.8 Å². The molecular weight excluding hydrogens is 310 g/mol. The number of hydrogen-bond acceptors (Lipinski definition) is 2. The van der Waals surface area contributed by atoms with Crippen molar-refractivity contribution in [3.63, 3.8) is 0 Å². The Labute approximate surface area is 147 Å². The molecule has 0 radical (unpaired) electrons. The van der Waals surface area contributed by atoms with Crippen molar-refractivity contribution in [2.24, 2.45) is 0 Å². The highest BCUT2D eigenvalue weighted by molar-refractivity contribution is 6.07. The third-order valence-corrected chi connectivity index (χ3v) is 4.13. The minimum atomic E-state index is -0.223. The predicted molar refractivity (Wildman–Crippen MR) is 104 cm³/mol. The summed E-state index contributed by atoms with van der Waals surface area (Å²) in [5, 5.41) is 2.98. The van der Waals surface area contributed by atoms with E-state index in [2.05, 4.69) is 5.32 Å². The summed E-state index contributed by atoms with van der Waals surface area (Å²) in [6.07, 6.45) is 0. The zero-order valence-corrected chi connectivity index (χ0v) is 14.4. The van der Waals surface area contributed by atoms with Crippen LogP contribution < -0.4 is 16.0 Å². The minimum absolute atomic E-state index is 0.223. The van der Waals surface area contributed by atoms with Gasteiger partial charge in [-0.1, -0.05) is 24.3 Å². The van der Waals surface area contributed by atoms with Gasteiger partial charge in [-0.05, 0) is 73.5 Å². The number of aryl methyl sites for hydroxylation is 2. The Morgan fingerprint density at radius 2 is 1.48 bits per heavy atom. The van der Waals surface area contributed by atoms with Crippen molar-refractivity contribution in [1.82, 2.24) is 0 Å². The topological polar surface area (TPSA) is 58.4 Å². The van der Waals surface area contributed by atoms with Crippen molar-refractivity contribution >= 4 is 28.8 Å². The lowest BCUT2D eigenvalue weighted by Crippen LogP contribution is -2.30. The SMILES string of the molecule is Cc1ccc(NC(=O)N(c2ccccc2)c2ccc(N)cc2)cc1C. The maximum atomic E-state index is 13.0. The van der Waals surface area contributed by atoms with Crippen LogP contribution in [0.1, 0.15) is 11.1 Å². The number of benzene rings is 3. The van der Waals surface area contributed by atoms with Gasteiger partial charge in [0.2, 0.25) is 0 Å². The number of carbonyl (C=O) groups is 1. The molecule has 0 aromatic heterocycles. The van der Waals surface area contributed by atoms with Gasteiger partial charge in [-0.2, -0.15) is 0 Å². The Morgan fingerprint density at radius 3 is 2.12 bits per heavy atom. The van der Waals surface area contributed by atoms with Gasteiger partial charge in [0.15, 0.2) is 0 Å². The summed E-state index contributed by atoms with van der Waals surface area (Å²) in [7, 11) is 0. The average Bonchev–Trinajstić information content (AvgIpc) is 2.61. The second kappa shape index (κ2) is 7.09. The van der Waals surface area contributed by atoms with E-state index < -0.39 is 0 Å². The molecule has 0 saturated heterocycles. The number of nitrogens with one attached hydrogen (secondary N) is 1. The quantitative estimate of drug-likeness (QED) is 0.643. The van der Waals surface area contributed by atoms with Crippen LogP contribution in [0.4, 0.5) is 27.5 Å². The number of nitrogens with two attached hydrogens (primary N) is 1. The lowest BCUT2D eigenvalue weighted by atomic mass is 10.1. The van der Waals surface area contributed by atoms with Crippen LogP contribution in [-0.4, -0.2) is 6.03 Å². The van der Waals surface area contributed by atoms with Crippen molar-refractivity contribution in [3.8, 4) is 0 Å². The number of rotatable bonds is 3. The Bertz CT molecular complexity index is 873. The molecule has 0 bridgehead atoms. The number of nitrogens with zero attached hydrogens (tertiary/aromatic N) is 1. The van der Waals surface area contributed by atoms with Crippen LogP contribution in [-0.2, 0) is 0 Å². The Balaban J connectivity index is 1.94. The van der Waals surface area contributed by atoms with Crippen LogP contribution in [0.25, 0.3) is 0 Å². The maximum Gasteiger partial charge on any atom is 0.330 e. The first-order valence-electron chi connectivity index (χ1n) is 8.13. The molecule has 3 aromatic carbocycles. The van der Waals surface area contributed by atoms with E-state index in [0.29, 0.717) is 5.69 Å². The number of hydrogen-bond donors (Lipinski definition) is 2. The lowest BCUT2D eigenvalue weighted by Gasteiger charge is -2.23. The van der Waals surface area contributed by atoms with Gasteiger partial charge >= 0.3 is 6.03 Å². The van der Waals surface area contributed by atoms with Crippen LogP contribution >= 0.6 is 0 Å². The third kappa shape index (κ3) is 3.80. The van der Waals surface area contributed by atoms with Crippen molar-refractivity contribution in [1.29, 1.82) is 0 Å². The molecule has 0 atom stereocenters. The second-order valence-corrected chi connectivity index (χ2v) is 5.99. The van der Waals surface area contributed by atoms with Gasteiger partial charge in [0.05, 0.1) is 11.4 Å². The number of nitrogen functional groups attached to an aromatic ring is 1. The Kier molecular flexibility index (Phi) is 4.70. The first-order chi connectivity index (χ1) is 12.0. The molecule has 3 aromatic rings. The molecular formula is C21H21N3O. The predicted octanol–water partition coefficient (Wildman–Crippen LogP) is 5.26. The fourth-order valence-corrected chi connectivity index (χ4v) is 2.58. The zero-order valence-electron chi connectivity index (χ0n) is 14.4. The number of amides is 2. The zero-order chi connectivity index (χ0) is 17.8. The standard InChI is InChI=1S/C21H21N3O/c1-15-8-11-18(14-16(15)2)23-21(25)24(19-6-4-3-5-7-19)20-12-9-17(22)10-13-20/h3-14H,22H2,1-2H3,(H,23,25). The van der Waals surface area contributed by atoms with Crippen molar-refractivity contribution in [2.45, 2.75) is 13.8 Å². The van der Waals surface area contributed by atoms with E-state index in [1.807, 2.05) is 74.5 Å². The van der Waals surface area contributed by atoms with E-state index >= 15 is 0 Å². The number of urea groups is 1. The smallest absolute Gasteiger partial charge is 0.330 e. The highest BCUT2D eigenvalue weighted by atomic mass is 16.2. The summed E-state index contributed by atoms with van der Waals surface area (Å²) in [4.78, 5) is 14.6. The molecule has 0 spiro atoms. The summed E-state index contributed by atoms with van der Waals surface area (Å²) >= 11 is 0. The first-order valence-corrected chi connectivity index (χ1v) is 8.13. The van der Waals surface area contributed by atoms with Gasteiger partial charge in [0, 0.05) is 11.4 Å². The molecule has 3 N–H and O–H groups in total. The van der Waals surface area contributed by atoms with Crippen molar-refractivity contribution < 1.29 is 4.79 Å². The van der Waals surface area contributed by atoms with Gasteiger partial charge in [-0.25, -0.2) is 4.79 Å². The van der Waals surface area contributed by atoms with Crippen LogP contribution in [0.2, 0.25) is 0 Å². The highest BCUT2D eigenvalue weighted by Crippen LogP contribution is 2.27. The van der Waals surface area contributed by atoms with Gasteiger partial charge in [0.1, 0.15) is 0 Å². The molecule has 0 aliphatic rings. The molecule has 25 heavy (non-hydrogen) atoms. The molecule has 0 saturated carbocycles. The molecule has 0 aliphatic heterocycles. The minimum Gasteiger partial charge on any atom is -0.399 e. The number of anilines is 4. The molecule has 4 nitrogen and oxygen atoms in total. The van der Waals surface area contributed by atoms with Gasteiger partial charge in [-0.15, -0.1) is 0 Å². The van der Waals surface area contributed by atoms with Crippen LogP contribution in [0.15, 0.2) is 72.8 Å². The molecule has 2 amide bonds. The molecule has 126 valence electrons. The van der Waals surface area contributed by atoms with E-state index in [0.717, 1.165) is 22.6 Å². The summed E-state index contributed by atoms with van der Waals surface area (Å²) in [6.45, 7) is 4.07. The number of carbonyl (C=O) groups excluding carboxylic acids is 1. The molecule has 0 heterocycles. The van der Waals surface area contributed by atoms with Crippen LogP contribution in [0.5, 0.6) is 0 Å². The number of para-hydroxylation sites is 1. The molecule has 0 aliphatic carbocycles. The van der Waals surface area contributed by atoms with Gasteiger partial charge < -0.3 is 11.1 Å². The first kappa shape index (κ1) is 16.6. The van der Waals surface area contributed by atoms with Gasteiger partial charge in [-0.3, -0.25) is 4.90 Å². The van der Waals surface area contributed by atoms with E-state index in [1.165, 1.54) is 5.56 Å². The Morgan fingerprint density at radius 1 is 0.840 bits per heavy atom. The summed E-state index contributed by atoms with van der Waals surface area (Å²) in [6, 6.07) is 22.4. The van der Waals surface area contributed by atoms with E-state index in [4.69, 9.17) is 5.73 Å². The molecule has 4 heteroatoms. The second-order valence-electron chi connectivity index (χ2n) is 5.99. The van der Waals surface area contributed by atoms with Crippen LogP contribution in [0.3, 0.4) is 0 Å². The highest BCUT2D eigenvalue weighted by Gasteiger charge is 2.18. The monoisotopic (exact) mass is 331 g/mol. The summed E-state index contributed by atoms with van der Waals surface area (Å²) in [5.41, 5.74) is 11.1. The fourth-order valence-electron chi connectivity index (χ4n) is 2.58.